The number of quaternary nitrogens is 1. The molecule has 2 aromatic rings. The molecular formula is C19H23BrN3O2+. The van der Waals surface area contributed by atoms with Crippen LogP contribution in [0.15, 0.2) is 53.0 Å². The van der Waals surface area contributed by atoms with Gasteiger partial charge in [-0.1, -0.05) is 28.1 Å². The maximum atomic E-state index is 12.3. The van der Waals surface area contributed by atoms with Crippen molar-refractivity contribution in [1.82, 2.24) is 0 Å². The van der Waals surface area contributed by atoms with E-state index in [9.17, 15) is 9.59 Å². The summed E-state index contributed by atoms with van der Waals surface area (Å²) in [5.74, 6) is -0.145. The topological polar surface area (TPSA) is 62.6 Å². The molecular weight excluding hydrogens is 382 g/mol. The van der Waals surface area contributed by atoms with E-state index in [0.29, 0.717) is 12.2 Å². The van der Waals surface area contributed by atoms with Crippen molar-refractivity contribution in [1.29, 1.82) is 0 Å². The first kappa shape index (κ1) is 19.1. The summed E-state index contributed by atoms with van der Waals surface area (Å²) >= 11 is 3.43. The first-order valence-corrected chi connectivity index (χ1v) is 9.01. The van der Waals surface area contributed by atoms with Crippen LogP contribution < -0.4 is 15.5 Å². The van der Waals surface area contributed by atoms with Crippen molar-refractivity contribution < 1.29 is 14.5 Å². The predicted molar refractivity (Wildman–Crippen MR) is 104 cm³/mol. The van der Waals surface area contributed by atoms with Crippen molar-refractivity contribution in [3.8, 4) is 0 Å². The van der Waals surface area contributed by atoms with Gasteiger partial charge in [0.1, 0.15) is 6.54 Å². The summed E-state index contributed by atoms with van der Waals surface area (Å²) in [4.78, 5) is 24.5. The minimum absolute atomic E-state index is 0.0266. The molecule has 2 aromatic carbocycles. The van der Waals surface area contributed by atoms with Crippen LogP contribution in [0, 0.1) is 0 Å². The summed E-state index contributed by atoms with van der Waals surface area (Å²) in [5.41, 5.74) is 2.63. The van der Waals surface area contributed by atoms with Crippen LogP contribution in [0.5, 0.6) is 0 Å². The molecule has 6 heteroatoms. The number of rotatable bonds is 7. The monoisotopic (exact) mass is 404 g/mol. The van der Waals surface area contributed by atoms with Crippen molar-refractivity contribution in [3.63, 3.8) is 0 Å². The van der Waals surface area contributed by atoms with E-state index in [1.807, 2.05) is 12.1 Å². The van der Waals surface area contributed by atoms with Gasteiger partial charge in [0.25, 0.3) is 5.91 Å². The molecule has 0 fully saturated rings. The number of hydrogen-bond acceptors (Lipinski definition) is 2. The molecule has 0 saturated carbocycles. The second-order valence-electron chi connectivity index (χ2n) is 5.89. The highest BCUT2D eigenvalue weighted by molar-refractivity contribution is 9.10. The predicted octanol–water partition coefficient (Wildman–Crippen LogP) is 2.45. The lowest BCUT2D eigenvalue weighted by Crippen LogP contribution is -3.11. The molecule has 25 heavy (non-hydrogen) atoms. The summed E-state index contributed by atoms with van der Waals surface area (Å²) in [6, 6.07) is 15.3. The number of benzene rings is 2. The fourth-order valence-electron chi connectivity index (χ4n) is 2.48. The summed E-state index contributed by atoms with van der Waals surface area (Å²) < 4.78 is 1.05. The zero-order valence-corrected chi connectivity index (χ0v) is 16.0. The summed E-state index contributed by atoms with van der Waals surface area (Å²) in [6.07, 6.45) is 0. The van der Waals surface area contributed by atoms with Gasteiger partial charge in [0.15, 0.2) is 6.54 Å². The lowest BCUT2D eigenvalue weighted by atomic mass is 10.2. The highest BCUT2D eigenvalue weighted by Gasteiger charge is 2.13. The van der Waals surface area contributed by atoms with Crippen molar-refractivity contribution >= 4 is 39.1 Å². The van der Waals surface area contributed by atoms with Gasteiger partial charge in [0, 0.05) is 28.3 Å². The number of nitrogens with one attached hydrogen (secondary N) is 3. The molecule has 0 heterocycles. The van der Waals surface area contributed by atoms with Crippen LogP contribution >= 0.6 is 15.9 Å². The Morgan fingerprint density at radius 2 is 1.52 bits per heavy atom. The van der Waals surface area contributed by atoms with Gasteiger partial charge in [-0.05, 0) is 43.3 Å². The van der Waals surface area contributed by atoms with Gasteiger partial charge in [0.05, 0.1) is 6.54 Å². The quantitative estimate of drug-likeness (QED) is 0.663. The molecule has 1 unspecified atom stereocenters. The molecule has 1 atom stereocenters. The van der Waals surface area contributed by atoms with E-state index in [4.69, 9.17) is 0 Å². The molecule has 3 N–H and O–H groups in total. The molecule has 2 rings (SSSR count). The molecule has 0 aromatic heterocycles. The number of anilines is 2. The minimum Gasteiger partial charge on any atom is -0.326 e. The fraction of sp³-hybridized carbons (Fsp3) is 0.263. The third-order valence-corrected chi connectivity index (χ3v) is 4.30. The fourth-order valence-corrected chi connectivity index (χ4v) is 2.74. The van der Waals surface area contributed by atoms with Crippen molar-refractivity contribution in [2.45, 2.75) is 20.4 Å². The van der Waals surface area contributed by atoms with E-state index in [1.165, 1.54) is 17.4 Å². The van der Waals surface area contributed by atoms with E-state index in [-0.39, 0.29) is 11.8 Å². The third-order valence-electron chi connectivity index (χ3n) is 3.77. The van der Waals surface area contributed by atoms with Gasteiger partial charge < -0.3 is 15.5 Å². The minimum atomic E-state index is -0.119. The zero-order valence-electron chi connectivity index (χ0n) is 14.4. The summed E-state index contributed by atoms with van der Waals surface area (Å²) in [6.45, 7) is 5.61. The van der Waals surface area contributed by atoms with Crippen molar-refractivity contribution in [3.05, 3.63) is 58.6 Å². The average molecular weight is 405 g/mol. The average Bonchev–Trinajstić information content (AvgIpc) is 2.57. The smallest absolute Gasteiger partial charge is 0.279 e. The van der Waals surface area contributed by atoms with Gasteiger partial charge in [-0.2, -0.15) is 0 Å². The Bertz CT molecular complexity index is 714. The molecule has 0 aliphatic rings. The maximum absolute atomic E-state index is 12.3. The van der Waals surface area contributed by atoms with Crippen molar-refractivity contribution in [2.75, 3.05) is 23.7 Å². The Kier molecular flexibility index (Phi) is 7.16. The highest BCUT2D eigenvalue weighted by Crippen LogP contribution is 2.13. The Balaban J connectivity index is 1.88. The van der Waals surface area contributed by atoms with Crippen LogP contribution in [0.1, 0.15) is 19.4 Å². The maximum Gasteiger partial charge on any atom is 0.279 e. The second kappa shape index (κ2) is 9.34. The first-order valence-electron chi connectivity index (χ1n) is 8.21. The van der Waals surface area contributed by atoms with E-state index in [0.717, 1.165) is 23.2 Å². The lowest BCUT2D eigenvalue weighted by molar-refractivity contribution is -0.903. The van der Waals surface area contributed by atoms with E-state index >= 15 is 0 Å². The molecule has 0 aliphatic heterocycles. The molecule has 132 valence electrons. The SMILES string of the molecule is CC[NH+](CC(=O)Nc1ccc(NC(C)=O)cc1)Cc1ccc(Br)cc1. The zero-order chi connectivity index (χ0) is 18.2. The first-order chi connectivity index (χ1) is 12.0. The summed E-state index contributed by atoms with van der Waals surface area (Å²) in [5, 5.41) is 5.60. The number of hydrogen-bond donors (Lipinski definition) is 3. The largest absolute Gasteiger partial charge is 0.326 e. The Hall–Kier alpha value is -2.18. The Morgan fingerprint density at radius 3 is 2.04 bits per heavy atom. The van der Waals surface area contributed by atoms with Crippen LogP contribution in [0.2, 0.25) is 0 Å². The molecule has 0 radical (unpaired) electrons. The number of carbonyl (C=O) groups excluding carboxylic acids is 2. The van der Waals surface area contributed by atoms with Crippen LogP contribution in [-0.2, 0) is 16.1 Å². The van der Waals surface area contributed by atoms with E-state index in [1.54, 1.807) is 24.3 Å². The van der Waals surface area contributed by atoms with Crippen molar-refractivity contribution in [2.24, 2.45) is 0 Å². The normalized spacial score (nSPS) is 11.6. The van der Waals surface area contributed by atoms with E-state index in [2.05, 4.69) is 45.6 Å². The van der Waals surface area contributed by atoms with Crippen LogP contribution in [-0.4, -0.2) is 24.9 Å². The van der Waals surface area contributed by atoms with Gasteiger partial charge in [-0.15, -0.1) is 0 Å². The van der Waals surface area contributed by atoms with E-state index < -0.39 is 0 Å². The molecule has 0 saturated heterocycles. The highest BCUT2D eigenvalue weighted by atomic mass is 79.9. The number of carbonyl (C=O) groups is 2. The Labute approximate surface area is 156 Å². The number of likely N-dealkylation sites (N-methyl/N-ethyl adjacent to an activating group) is 1. The van der Waals surface area contributed by atoms with Crippen LogP contribution in [0.25, 0.3) is 0 Å². The summed E-state index contributed by atoms with van der Waals surface area (Å²) in [7, 11) is 0. The van der Waals surface area contributed by atoms with Crippen LogP contribution in [0.3, 0.4) is 0 Å². The molecule has 2 amide bonds. The second-order valence-corrected chi connectivity index (χ2v) is 6.81. The molecule has 5 nitrogen and oxygen atoms in total. The standard InChI is InChI=1S/C19H22BrN3O2/c1-3-23(12-15-4-6-16(20)7-5-15)13-19(25)22-18-10-8-17(9-11-18)21-14(2)24/h4-11H,3,12-13H2,1-2H3,(H,21,24)(H,22,25)/p+1. The van der Waals surface area contributed by atoms with Crippen LogP contribution in [0.4, 0.5) is 11.4 Å². The number of amides is 2. The molecule has 0 spiro atoms. The molecule has 0 bridgehead atoms. The lowest BCUT2D eigenvalue weighted by Gasteiger charge is -2.17. The molecule has 0 aliphatic carbocycles. The van der Waals surface area contributed by atoms with Gasteiger partial charge in [0.2, 0.25) is 5.91 Å². The Morgan fingerprint density at radius 1 is 0.960 bits per heavy atom. The van der Waals surface area contributed by atoms with Gasteiger partial charge >= 0.3 is 0 Å². The number of halogens is 1. The van der Waals surface area contributed by atoms with Gasteiger partial charge in [-0.3, -0.25) is 9.59 Å². The third kappa shape index (κ3) is 6.68. The van der Waals surface area contributed by atoms with Gasteiger partial charge in [-0.25, -0.2) is 0 Å².